The van der Waals surface area contributed by atoms with Crippen molar-refractivity contribution in [3.63, 3.8) is 0 Å². The normalized spacial score (nSPS) is 13.9. The minimum absolute atomic E-state index is 0.187. The van der Waals surface area contributed by atoms with Crippen LogP contribution in [0.25, 0.3) is 6.08 Å². The van der Waals surface area contributed by atoms with Crippen molar-refractivity contribution in [2.75, 3.05) is 6.54 Å². The first-order valence-electron chi connectivity index (χ1n) is 10.7. The second kappa shape index (κ2) is 12.5. The Morgan fingerprint density at radius 1 is 0.854 bits per heavy atom. The first kappa shape index (κ1) is 33.0. The van der Waals surface area contributed by atoms with Gasteiger partial charge in [0.25, 0.3) is 0 Å². The molecule has 6 nitrogen and oxygen atoms in total. The number of alkyl halides is 12. The number of benzene rings is 2. The third-order valence-electron chi connectivity index (χ3n) is 4.79. The van der Waals surface area contributed by atoms with Gasteiger partial charge in [-0.1, -0.05) is 24.3 Å². The zero-order valence-electron chi connectivity index (χ0n) is 19.9. The van der Waals surface area contributed by atoms with Gasteiger partial charge in [0.2, 0.25) is 5.91 Å². The molecule has 3 N–H and O–H groups in total. The zero-order chi connectivity index (χ0) is 31.2. The predicted molar refractivity (Wildman–Crippen MR) is 119 cm³/mol. The van der Waals surface area contributed by atoms with E-state index < -0.39 is 71.5 Å². The van der Waals surface area contributed by atoms with Crippen LogP contribution in [0.5, 0.6) is 0 Å². The Kier molecular flexibility index (Phi) is 10.1. The van der Waals surface area contributed by atoms with Crippen LogP contribution in [0.2, 0.25) is 0 Å². The average molecular weight is 608 g/mol. The van der Waals surface area contributed by atoms with E-state index in [1.807, 2.05) is 0 Å². The third kappa shape index (κ3) is 10.7. The van der Waals surface area contributed by atoms with Crippen LogP contribution in [-0.2, 0) is 17.1 Å². The van der Waals surface area contributed by atoms with Crippen molar-refractivity contribution in [2.45, 2.75) is 30.7 Å². The van der Waals surface area contributed by atoms with Crippen molar-refractivity contribution >= 4 is 24.2 Å². The molecule has 0 heterocycles. The van der Waals surface area contributed by atoms with E-state index in [4.69, 9.17) is 0 Å². The Balaban J connectivity index is 2.22. The van der Waals surface area contributed by atoms with Gasteiger partial charge < -0.3 is 10.6 Å². The molecular formula is C23H16F12N4O2. The summed E-state index contributed by atoms with van der Waals surface area (Å²) in [5, 5.41) is 5.93. The SMILES string of the molecule is O=C(/C=C/c1ccc(/C=N/NC(=O)NCC(F)(F)F)c(C(F)(F)F)c1)NC(c1cccc(C(F)(F)F)c1)C(F)(F)F. The number of hydrogen-bond donors (Lipinski definition) is 3. The number of halogens is 12. The van der Waals surface area contributed by atoms with Crippen LogP contribution in [0.15, 0.2) is 53.6 Å². The highest BCUT2D eigenvalue weighted by molar-refractivity contribution is 5.92. The van der Waals surface area contributed by atoms with E-state index in [0.717, 1.165) is 12.1 Å². The van der Waals surface area contributed by atoms with Crippen molar-refractivity contribution < 1.29 is 62.3 Å². The van der Waals surface area contributed by atoms with E-state index in [0.29, 0.717) is 42.6 Å². The van der Waals surface area contributed by atoms with E-state index >= 15 is 0 Å². The van der Waals surface area contributed by atoms with Gasteiger partial charge in [0, 0.05) is 11.6 Å². The molecule has 224 valence electrons. The van der Waals surface area contributed by atoms with Gasteiger partial charge in [0.15, 0.2) is 6.04 Å². The monoisotopic (exact) mass is 608 g/mol. The standard InChI is InChI=1S/C23H16F12N4O2/c24-20(25,26)11-36-19(41)39-37-10-14-6-4-12(8-16(14)22(30,31)32)5-7-17(40)38-18(23(33,34)35)13-2-1-3-15(9-13)21(27,28)29/h1-10,18H,11H2,(H,38,40)(H2,36,39,41)/b7-5+,37-10+. The fourth-order valence-corrected chi connectivity index (χ4v) is 3.03. The first-order chi connectivity index (χ1) is 18.7. The van der Waals surface area contributed by atoms with Crippen molar-refractivity contribution in [3.8, 4) is 0 Å². The summed E-state index contributed by atoms with van der Waals surface area (Å²) in [7, 11) is 0. The van der Waals surface area contributed by atoms with Gasteiger partial charge in [-0.3, -0.25) is 4.79 Å². The Morgan fingerprint density at radius 2 is 1.51 bits per heavy atom. The molecule has 3 amide bonds. The number of amides is 3. The van der Waals surface area contributed by atoms with Crippen LogP contribution >= 0.6 is 0 Å². The summed E-state index contributed by atoms with van der Waals surface area (Å²) in [6.45, 7) is -1.74. The summed E-state index contributed by atoms with van der Waals surface area (Å²) >= 11 is 0. The van der Waals surface area contributed by atoms with Crippen molar-refractivity contribution in [1.82, 2.24) is 16.1 Å². The molecule has 2 aromatic carbocycles. The molecule has 0 radical (unpaired) electrons. The fourth-order valence-electron chi connectivity index (χ4n) is 3.03. The van der Waals surface area contributed by atoms with Gasteiger partial charge in [0.05, 0.1) is 17.3 Å². The van der Waals surface area contributed by atoms with E-state index in [2.05, 4.69) is 5.10 Å². The summed E-state index contributed by atoms with van der Waals surface area (Å²) in [5.74, 6) is -1.50. The fraction of sp³-hybridized carbons (Fsp3) is 0.261. The van der Waals surface area contributed by atoms with Crippen LogP contribution in [-0.4, -0.2) is 37.1 Å². The molecule has 1 unspecified atom stereocenters. The van der Waals surface area contributed by atoms with Gasteiger partial charge in [0.1, 0.15) is 6.54 Å². The van der Waals surface area contributed by atoms with E-state index in [1.165, 1.54) is 16.1 Å². The number of hydrazone groups is 1. The topological polar surface area (TPSA) is 82.6 Å². The number of rotatable bonds is 7. The minimum Gasteiger partial charge on any atom is -0.337 e. The molecule has 0 saturated carbocycles. The number of urea groups is 1. The van der Waals surface area contributed by atoms with Crippen LogP contribution in [0, 0.1) is 0 Å². The largest absolute Gasteiger partial charge is 0.417 e. The lowest BCUT2D eigenvalue weighted by atomic mass is 10.0. The second-order valence-electron chi connectivity index (χ2n) is 7.95. The van der Waals surface area contributed by atoms with Crippen LogP contribution in [0.4, 0.5) is 57.5 Å². The quantitative estimate of drug-likeness (QED) is 0.148. The van der Waals surface area contributed by atoms with Gasteiger partial charge in [-0.2, -0.15) is 57.8 Å². The molecule has 0 aliphatic heterocycles. The maximum Gasteiger partial charge on any atom is 0.417 e. The van der Waals surface area contributed by atoms with Crippen LogP contribution in [0.1, 0.15) is 33.9 Å². The molecule has 2 rings (SSSR count). The summed E-state index contributed by atoms with van der Waals surface area (Å²) in [6.07, 6.45) is -18.5. The van der Waals surface area contributed by atoms with Gasteiger partial charge in [-0.05, 0) is 35.4 Å². The molecule has 0 bridgehead atoms. The maximum absolute atomic E-state index is 13.5. The lowest BCUT2D eigenvalue weighted by Gasteiger charge is -2.22. The predicted octanol–water partition coefficient (Wildman–Crippen LogP) is 6.35. The molecule has 0 fully saturated rings. The molecule has 0 aromatic heterocycles. The summed E-state index contributed by atoms with van der Waals surface area (Å²) in [6, 6.07) is -0.0696. The lowest BCUT2D eigenvalue weighted by Crippen LogP contribution is -2.38. The van der Waals surface area contributed by atoms with E-state index in [1.54, 1.807) is 0 Å². The first-order valence-corrected chi connectivity index (χ1v) is 10.7. The van der Waals surface area contributed by atoms with Gasteiger partial charge >= 0.3 is 30.7 Å². The van der Waals surface area contributed by atoms with E-state index in [9.17, 15) is 62.3 Å². The van der Waals surface area contributed by atoms with Crippen molar-refractivity contribution in [1.29, 1.82) is 0 Å². The molecule has 41 heavy (non-hydrogen) atoms. The summed E-state index contributed by atoms with van der Waals surface area (Å²) < 4.78 is 156. The molecule has 1 atom stereocenters. The molecule has 0 aliphatic rings. The highest BCUT2D eigenvalue weighted by Gasteiger charge is 2.43. The zero-order valence-corrected chi connectivity index (χ0v) is 19.9. The Morgan fingerprint density at radius 3 is 2.07 bits per heavy atom. The Hall–Kier alpha value is -4.25. The average Bonchev–Trinajstić information content (AvgIpc) is 2.83. The summed E-state index contributed by atoms with van der Waals surface area (Å²) in [4.78, 5) is 23.3. The smallest absolute Gasteiger partial charge is 0.337 e. The highest BCUT2D eigenvalue weighted by atomic mass is 19.4. The van der Waals surface area contributed by atoms with Crippen LogP contribution < -0.4 is 16.1 Å². The molecule has 0 saturated heterocycles. The number of carbonyl (C=O) groups excluding carboxylic acids is 2. The number of nitrogens with zero attached hydrogens (tertiary/aromatic N) is 1. The molecule has 0 spiro atoms. The molecule has 2 aromatic rings. The minimum atomic E-state index is -5.24. The van der Waals surface area contributed by atoms with Gasteiger partial charge in [-0.15, -0.1) is 0 Å². The summed E-state index contributed by atoms with van der Waals surface area (Å²) in [5.41, 5.74) is -3.28. The van der Waals surface area contributed by atoms with Crippen molar-refractivity contribution in [3.05, 3.63) is 76.4 Å². The van der Waals surface area contributed by atoms with E-state index in [-0.39, 0.29) is 11.6 Å². The highest BCUT2D eigenvalue weighted by Crippen LogP contribution is 2.36. The molecular weight excluding hydrogens is 592 g/mol. The number of hydrogen-bond acceptors (Lipinski definition) is 3. The van der Waals surface area contributed by atoms with Crippen LogP contribution in [0.3, 0.4) is 0 Å². The maximum atomic E-state index is 13.5. The number of carbonyl (C=O) groups is 2. The Labute approximate surface area is 222 Å². The third-order valence-corrected chi connectivity index (χ3v) is 4.79. The van der Waals surface area contributed by atoms with Gasteiger partial charge in [-0.25, -0.2) is 10.2 Å². The van der Waals surface area contributed by atoms with Crippen molar-refractivity contribution in [2.24, 2.45) is 5.10 Å². The molecule has 18 heteroatoms. The molecule has 0 aliphatic carbocycles. The number of nitrogens with one attached hydrogen (secondary N) is 3. The lowest BCUT2D eigenvalue weighted by molar-refractivity contribution is -0.162. The Bertz CT molecular complexity index is 1300. The second-order valence-corrected chi connectivity index (χ2v) is 7.95.